The highest BCUT2D eigenvalue weighted by Crippen LogP contribution is 2.27. The molecule has 2 N–H and O–H groups in total. The van der Waals surface area contributed by atoms with Gasteiger partial charge in [0.2, 0.25) is 5.91 Å². The van der Waals surface area contributed by atoms with Crippen molar-refractivity contribution in [2.45, 2.75) is 37.8 Å². The molecule has 2 rings (SSSR count). The maximum Gasteiger partial charge on any atom is 0.239 e. The van der Waals surface area contributed by atoms with Crippen LogP contribution in [0.4, 0.5) is 0 Å². The van der Waals surface area contributed by atoms with Gasteiger partial charge in [-0.2, -0.15) is 0 Å². The maximum atomic E-state index is 11.9. The van der Waals surface area contributed by atoms with E-state index in [1.165, 1.54) is 19.3 Å². The lowest BCUT2D eigenvalue weighted by atomic mass is 9.85. The van der Waals surface area contributed by atoms with Crippen LogP contribution in [0.3, 0.4) is 0 Å². The van der Waals surface area contributed by atoms with E-state index in [0.29, 0.717) is 18.9 Å². The van der Waals surface area contributed by atoms with Gasteiger partial charge in [-0.15, -0.1) is 12.4 Å². The van der Waals surface area contributed by atoms with Crippen molar-refractivity contribution in [1.82, 2.24) is 10.2 Å². The molecule has 0 aromatic heterocycles. The second-order valence-electron chi connectivity index (χ2n) is 4.87. The summed E-state index contributed by atoms with van der Waals surface area (Å²) < 4.78 is 0. The monoisotopic (exact) mass is 248 g/mol. The molecule has 0 aromatic rings. The summed E-state index contributed by atoms with van der Waals surface area (Å²) in [6.07, 6.45) is 4.05. The number of aliphatic hydroxyl groups is 1. The summed E-state index contributed by atoms with van der Waals surface area (Å²) in [7, 11) is 1.87. The average Bonchev–Trinajstić information content (AvgIpc) is 2.56. The summed E-state index contributed by atoms with van der Waals surface area (Å²) in [6, 6.07) is -0.162. The minimum atomic E-state index is -0.351. The van der Waals surface area contributed by atoms with Crippen LogP contribution < -0.4 is 5.32 Å². The van der Waals surface area contributed by atoms with Gasteiger partial charge in [0.1, 0.15) is 0 Å². The van der Waals surface area contributed by atoms with Crippen LogP contribution in [-0.4, -0.2) is 48.2 Å². The van der Waals surface area contributed by atoms with Crippen molar-refractivity contribution in [1.29, 1.82) is 0 Å². The van der Waals surface area contributed by atoms with Crippen LogP contribution in [0.5, 0.6) is 0 Å². The maximum absolute atomic E-state index is 11.9. The molecule has 94 valence electrons. The third-order valence-corrected chi connectivity index (χ3v) is 3.54. The minimum absolute atomic E-state index is 0. The van der Waals surface area contributed by atoms with Gasteiger partial charge in [0.05, 0.1) is 12.1 Å². The predicted octanol–water partition coefficient (Wildman–Crippen LogP) is 0.389. The molecule has 2 fully saturated rings. The lowest BCUT2D eigenvalue weighted by Crippen LogP contribution is -2.44. The number of aliphatic hydroxyl groups excluding tert-OH is 1. The second-order valence-corrected chi connectivity index (χ2v) is 4.87. The summed E-state index contributed by atoms with van der Waals surface area (Å²) >= 11 is 0. The van der Waals surface area contributed by atoms with Crippen molar-refractivity contribution in [3.05, 3.63) is 0 Å². The Labute approximate surface area is 103 Å². The fraction of sp³-hybridized carbons (Fsp3) is 0.909. The van der Waals surface area contributed by atoms with E-state index in [1.807, 2.05) is 11.9 Å². The van der Waals surface area contributed by atoms with Crippen LogP contribution in [0.25, 0.3) is 0 Å². The first-order valence-electron chi connectivity index (χ1n) is 5.83. The number of carbonyl (C=O) groups is 1. The van der Waals surface area contributed by atoms with Crippen molar-refractivity contribution in [3.63, 3.8) is 0 Å². The van der Waals surface area contributed by atoms with Gasteiger partial charge >= 0.3 is 0 Å². The Hall–Kier alpha value is -0.320. The van der Waals surface area contributed by atoms with Crippen molar-refractivity contribution < 1.29 is 9.90 Å². The standard InChI is InChI=1S/C11H20N2O2.ClH/c1-13(7-8-3-2-4-8)11(15)10-5-9(14)6-12-10;/h8-10,12,14H,2-7H2,1H3;1H/t9-,10-;/m1./s1. The highest BCUT2D eigenvalue weighted by atomic mass is 35.5. The Morgan fingerprint density at radius 1 is 1.50 bits per heavy atom. The molecular weight excluding hydrogens is 228 g/mol. The Morgan fingerprint density at radius 3 is 2.62 bits per heavy atom. The van der Waals surface area contributed by atoms with E-state index in [0.717, 1.165) is 6.54 Å². The van der Waals surface area contributed by atoms with E-state index in [-0.39, 0.29) is 30.5 Å². The van der Waals surface area contributed by atoms with E-state index >= 15 is 0 Å². The highest BCUT2D eigenvalue weighted by Gasteiger charge is 2.31. The van der Waals surface area contributed by atoms with Gasteiger partial charge < -0.3 is 15.3 Å². The number of halogens is 1. The molecule has 0 radical (unpaired) electrons. The average molecular weight is 249 g/mol. The number of β-amino-alcohol motifs (C(OH)–C–C–N with tert-alkyl or cyclic N) is 1. The van der Waals surface area contributed by atoms with E-state index in [1.54, 1.807) is 0 Å². The number of amides is 1. The van der Waals surface area contributed by atoms with Gasteiger partial charge in [0, 0.05) is 20.1 Å². The van der Waals surface area contributed by atoms with E-state index in [4.69, 9.17) is 0 Å². The number of carbonyl (C=O) groups excluding carboxylic acids is 1. The van der Waals surface area contributed by atoms with Gasteiger partial charge in [-0.1, -0.05) is 6.42 Å². The molecule has 1 aliphatic heterocycles. The lowest BCUT2D eigenvalue weighted by Gasteiger charge is -2.31. The first-order valence-corrected chi connectivity index (χ1v) is 5.83. The Morgan fingerprint density at radius 2 is 2.19 bits per heavy atom. The predicted molar refractivity (Wildman–Crippen MR) is 64.6 cm³/mol. The summed E-state index contributed by atoms with van der Waals surface area (Å²) in [5, 5.41) is 12.4. The molecule has 1 amide bonds. The third kappa shape index (κ3) is 3.09. The highest BCUT2D eigenvalue weighted by molar-refractivity contribution is 5.85. The van der Waals surface area contributed by atoms with Crippen molar-refractivity contribution in [2.24, 2.45) is 5.92 Å². The van der Waals surface area contributed by atoms with Crippen LogP contribution in [0, 0.1) is 5.92 Å². The Kier molecular flexibility index (Phi) is 5.02. The molecule has 0 bridgehead atoms. The molecule has 4 nitrogen and oxygen atoms in total. The molecule has 1 saturated heterocycles. The van der Waals surface area contributed by atoms with Crippen LogP contribution in [0.2, 0.25) is 0 Å². The van der Waals surface area contributed by atoms with Gasteiger partial charge in [0.15, 0.2) is 0 Å². The minimum Gasteiger partial charge on any atom is -0.392 e. The van der Waals surface area contributed by atoms with Crippen LogP contribution in [-0.2, 0) is 4.79 Å². The SMILES string of the molecule is CN(CC1CCC1)C(=O)[C@H]1C[C@@H](O)CN1.Cl. The first-order chi connectivity index (χ1) is 7.16. The lowest BCUT2D eigenvalue weighted by molar-refractivity contribution is -0.132. The zero-order valence-electron chi connectivity index (χ0n) is 9.69. The normalized spacial score (nSPS) is 29.4. The Bertz CT molecular complexity index is 246. The number of rotatable bonds is 3. The summed E-state index contributed by atoms with van der Waals surface area (Å²) in [4.78, 5) is 13.7. The number of hydrogen-bond donors (Lipinski definition) is 2. The zero-order valence-corrected chi connectivity index (χ0v) is 10.5. The van der Waals surface area contributed by atoms with Crippen molar-refractivity contribution >= 4 is 18.3 Å². The van der Waals surface area contributed by atoms with Crippen LogP contribution in [0.15, 0.2) is 0 Å². The number of hydrogen-bond acceptors (Lipinski definition) is 3. The largest absolute Gasteiger partial charge is 0.392 e. The summed E-state index contributed by atoms with van der Waals surface area (Å²) in [5.74, 6) is 0.851. The van der Waals surface area contributed by atoms with Crippen molar-refractivity contribution in [2.75, 3.05) is 20.1 Å². The molecule has 1 aliphatic carbocycles. The first kappa shape index (κ1) is 13.7. The molecule has 1 heterocycles. The number of nitrogens with zero attached hydrogens (tertiary/aromatic N) is 1. The molecule has 0 unspecified atom stereocenters. The third-order valence-electron chi connectivity index (χ3n) is 3.54. The van der Waals surface area contributed by atoms with Crippen LogP contribution in [0.1, 0.15) is 25.7 Å². The van der Waals surface area contributed by atoms with Crippen LogP contribution >= 0.6 is 12.4 Å². The molecule has 5 heteroatoms. The fourth-order valence-corrected chi connectivity index (χ4v) is 2.32. The quantitative estimate of drug-likeness (QED) is 0.760. The van der Waals surface area contributed by atoms with Crippen molar-refractivity contribution in [3.8, 4) is 0 Å². The molecule has 1 saturated carbocycles. The molecule has 16 heavy (non-hydrogen) atoms. The topological polar surface area (TPSA) is 52.6 Å². The zero-order chi connectivity index (χ0) is 10.8. The molecule has 0 aromatic carbocycles. The Balaban J connectivity index is 0.00000128. The van der Waals surface area contributed by atoms with E-state index in [9.17, 15) is 9.90 Å². The smallest absolute Gasteiger partial charge is 0.239 e. The second kappa shape index (κ2) is 5.84. The molecule has 2 atom stereocenters. The fourth-order valence-electron chi connectivity index (χ4n) is 2.32. The number of nitrogens with one attached hydrogen (secondary N) is 1. The summed E-state index contributed by atoms with van der Waals surface area (Å²) in [6.45, 7) is 1.43. The summed E-state index contributed by atoms with van der Waals surface area (Å²) in [5.41, 5.74) is 0. The number of likely N-dealkylation sites (N-methyl/N-ethyl adjacent to an activating group) is 1. The van der Waals surface area contributed by atoms with Gasteiger partial charge in [-0.05, 0) is 25.2 Å². The van der Waals surface area contributed by atoms with E-state index in [2.05, 4.69) is 5.32 Å². The molecule has 0 spiro atoms. The molecular formula is C11H21ClN2O2. The van der Waals surface area contributed by atoms with Gasteiger partial charge in [-0.3, -0.25) is 4.79 Å². The van der Waals surface area contributed by atoms with E-state index < -0.39 is 0 Å². The van der Waals surface area contributed by atoms with Gasteiger partial charge in [-0.25, -0.2) is 0 Å². The molecule has 2 aliphatic rings. The van der Waals surface area contributed by atoms with Gasteiger partial charge in [0.25, 0.3) is 0 Å².